The Morgan fingerprint density at radius 3 is 2.54 bits per heavy atom. The Morgan fingerprint density at radius 2 is 1.93 bits per heavy atom. The van der Waals surface area contributed by atoms with Crippen LogP contribution in [-0.4, -0.2) is 43.0 Å². The lowest BCUT2D eigenvalue weighted by Gasteiger charge is -2.19. The number of carbonyl (C=O) groups excluding carboxylic acids is 2. The molecule has 0 unspecified atom stereocenters. The molecule has 0 spiro atoms. The molecule has 2 atom stereocenters. The van der Waals surface area contributed by atoms with Crippen molar-refractivity contribution in [2.75, 3.05) is 26.2 Å². The average molecular weight is 399 g/mol. The molecule has 0 aromatic heterocycles. The molecular weight excluding hydrogens is 371 g/mol. The van der Waals surface area contributed by atoms with E-state index in [-0.39, 0.29) is 25.0 Å². The summed E-state index contributed by atoms with van der Waals surface area (Å²) in [5, 5.41) is 5.56. The average Bonchev–Trinajstić information content (AvgIpc) is 3.06. The van der Waals surface area contributed by atoms with Crippen LogP contribution in [0.15, 0.2) is 24.3 Å². The molecule has 0 aliphatic carbocycles. The van der Waals surface area contributed by atoms with Crippen molar-refractivity contribution in [1.82, 2.24) is 15.5 Å². The highest BCUT2D eigenvalue weighted by atomic mass is 19.4. The molecule has 1 saturated heterocycles. The van der Waals surface area contributed by atoms with Gasteiger partial charge in [0, 0.05) is 32.1 Å². The summed E-state index contributed by atoms with van der Waals surface area (Å²) in [7, 11) is 0. The molecule has 0 bridgehead atoms. The molecule has 1 heterocycles. The third-order valence-corrected chi connectivity index (χ3v) is 4.93. The number of benzene rings is 1. The summed E-state index contributed by atoms with van der Waals surface area (Å²) in [6.07, 6.45) is -3.64. The fourth-order valence-electron chi connectivity index (χ4n) is 3.40. The quantitative estimate of drug-likeness (QED) is 0.768. The third kappa shape index (κ3) is 5.62. The van der Waals surface area contributed by atoms with E-state index < -0.39 is 23.6 Å². The number of hydrogen-bond acceptors (Lipinski definition) is 2. The first-order valence-electron chi connectivity index (χ1n) is 9.61. The molecule has 5 nitrogen and oxygen atoms in total. The minimum Gasteiger partial charge on any atom is -0.356 e. The van der Waals surface area contributed by atoms with E-state index in [9.17, 15) is 22.8 Å². The van der Waals surface area contributed by atoms with E-state index in [1.165, 1.54) is 11.0 Å². The molecule has 156 valence electrons. The summed E-state index contributed by atoms with van der Waals surface area (Å²) in [4.78, 5) is 26.5. The van der Waals surface area contributed by atoms with Gasteiger partial charge in [0.1, 0.15) is 0 Å². The number of alkyl halides is 3. The van der Waals surface area contributed by atoms with Gasteiger partial charge < -0.3 is 15.5 Å². The number of rotatable bonds is 6. The molecule has 0 saturated carbocycles. The SMILES string of the molecule is CCNC(=O)N1C[C@H](c2cccc(C(F)(F)F)c2)[C@H](C(=O)NCCC(C)C)C1. The van der Waals surface area contributed by atoms with Crippen LogP contribution in [0.4, 0.5) is 18.0 Å². The van der Waals surface area contributed by atoms with E-state index in [2.05, 4.69) is 10.6 Å². The molecule has 1 fully saturated rings. The molecule has 1 aliphatic heterocycles. The molecule has 1 aliphatic rings. The summed E-state index contributed by atoms with van der Waals surface area (Å²) < 4.78 is 39.3. The Morgan fingerprint density at radius 1 is 1.21 bits per heavy atom. The lowest BCUT2D eigenvalue weighted by Crippen LogP contribution is -2.40. The number of urea groups is 1. The van der Waals surface area contributed by atoms with Crippen molar-refractivity contribution in [3.05, 3.63) is 35.4 Å². The van der Waals surface area contributed by atoms with Gasteiger partial charge in [-0.25, -0.2) is 4.79 Å². The van der Waals surface area contributed by atoms with Crippen LogP contribution >= 0.6 is 0 Å². The molecule has 1 aromatic rings. The minimum absolute atomic E-state index is 0.181. The first kappa shape index (κ1) is 22.0. The van der Waals surface area contributed by atoms with Crippen molar-refractivity contribution in [2.45, 2.75) is 39.3 Å². The third-order valence-electron chi connectivity index (χ3n) is 4.93. The molecule has 0 radical (unpaired) electrons. The van der Waals surface area contributed by atoms with E-state index in [0.29, 0.717) is 24.6 Å². The highest BCUT2D eigenvalue weighted by Gasteiger charge is 2.41. The van der Waals surface area contributed by atoms with Crippen molar-refractivity contribution < 1.29 is 22.8 Å². The summed E-state index contributed by atoms with van der Waals surface area (Å²) in [6, 6.07) is 4.73. The Bertz CT molecular complexity index is 692. The number of likely N-dealkylation sites (tertiary alicyclic amines) is 1. The first-order chi connectivity index (χ1) is 13.1. The largest absolute Gasteiger partial charge is 0.416 e. The van der Waals surface area contributed by atoms with Crippen molar-refractivity contribution >= 4 is 11.9 Å². The second-order valence-corrected chi connectivity index (χ2v) is 7.55. The first-order valence-corrected chi connectivity index (χ1v) is 9.61. The van der Waals surface area contributed by atoms with E-state index in [4.69, 9.17) is 0 Å². The monoisotopic (exact) mass is 399 g/mol. The van der Waals surface area contributed by atoms with E-state index >= 15 is 0 Å². The maximum absolute atomic E-state index is 13.1. The topological polar surface area (TPSA) is 61.4 Å². The summed E-state index contributed by atoms with van der Waals surface area (Å²) in [5.41, 5.74) is -0.328. The van der Waals surface area contributed by atoms with Crippen molar-refractivity contribution in [3.63, 3.8) is 0 Å². The van der Waals surface area contributed by atoms with E-state index in [1.807, 2.05) is 13.8 Å². The maximum atomic E-state index is 13.1. The molecule has 2 N–H and O–H groups in total. The Kier molecular flexibility index (Phi) is 7.32. The molecular formula is C20H28F3N3O2. The van der Waals surface area contributed by atoms with Gasteiger partial charge in [0.2, 0.25) is 5.91 Å². The van der Waals surface area contributed by atoms with Gasteiger partial charge >= 0.3 is 12.2 Å². The van der Waals surface area contributed by atoms with Gasteiger partial charge in [0.25, 0.3) is 0 Å². The number of nitrogens with one attached hydrogen (secondary N) is 2. The fraction of sp³-hybridized carbons (Fsp3) is 0.600. The summed E-state index contributed by atoms with van der Waals surface area (Å²) >= 11 is 0. The van der Waals surface area contributed by atoms with Crippen LogP contribution in [-0.2, 0) is 11.0 Å². The Balaban J connectivity index is 2.24. The van der Waals surface area contributed by atoms with Crippen LogP contribution in [0.2, 0.25) is 0 Å². The van der Waals surface area contributed by atoms with Crippen molar-refractivity contribution in [3.8, 4) is 0 Å². The van der Waals surface area contributed by atoms with Gasteiger partial charge in [-0.05, 0) is 30.9 Å². The number of hydrogen-bond donors (Lipinski definition) is 2. The van der Waals surface area contributed by atoms with Crippen LogP contribution in [0.5, 0.6) is 0 Å². The molecule has 8 heteroatoms. The highest BCUT2D eigenvalue weighted by molar-refractivity contribution is 5.83. The molecule has 3 amide bonds. The number of carbonyl (C=O) groups is 2. The summed E-state index contributed by atoms with van der Waals surface area (Å²) in [6.45, 7) is 7.20. The van der Waals surface area contributed by atoms with Gasteiger partial charge in [-0.3, -0.25) is 4.79 Å². The zero-order valence-electron chi connectivity index (χ0n) is 16.5. The highest BCUT2D eigenvalue weighted by Crippen LogP contribution is 2.36. The van der Waals surface area contributed by atoms with Crippen LogP contribution in [0, 0.1) is 11.8 Å². The van der Waals surface area contributed by atoms with Gasteiger partial charge in [0.05, 0.1) is 11.5 Å². The Labute approximate surface area is 163 Å². The van der Waals surface area contributed by atoms with Gasteiger partial charge in [-0.2, -0.15) is 13.2 Å². The molecule has 28 heavy (non-hydrogen) atoms. The fourth-order valence-corrected chi connectivity index (χ4v) is 3.40. The second kappa shape index (κ2) is 9.30. The number of nitrogens with zero attached hydrogens (tertiary/aromatic N) is 1. The number of halogens is 3. The van der Waals surface area contributed by atoms with Crippen molar-refractivity contribution in [2.24, 2.45) is 11.8 Å². The Hall–Kier alpha value is -2.25. The van der Waals surface area contributed by atoms with Crippen molar-refractivity contribution in [1.29, 1.82) is 0 Å². The number of amides is 3. The normalized spacial score (nSPS) is 19.8. The van der Waals surface area contributed by atoms with Gasteiger partial charge in [-0.15, -0.1) is 0 Å². The lowest BCUT2D eigenvalue weighted by molar-refractivity contribution is -0.137. The van der Waals surface area contributed by atoms with E-state index in [0.717, 1.165) is 18.6 Å². The van der Waals surface area contributed by atoms with Gasteiger partial charge in [-0.1, -0.05) is 32.0 Å². The second-order valence-electron chi connectivity index (χ2n) is 7.55. The molecule has 2 rings (SSSR count). The smallest absolute Gasteiger partial charge is 0.356 e. The maximum Gasteiger partial charge on any atom is 0.416 e. The predicted octanol–water partition coefficient (Wildman–Crippen LogP) is 3.61. The van der Waals surface area contributed by atoms with Crippen LogP contribution in [0.3, 0.4) is 0 Å². The zero-order chi connectivity index (χ0) is 20.9. The molecule has 1 aromatic carbocycles. The summed E-state index contributed by atoms with van der Waals surface area (Å²) in [5.74, 6) is -0.868. The van der Waals surface area contributed by atoms with Crippen LogP contribution in [0.1, 0.15) is 44.2 Å². The van der Waals surface area contributed by atoms with E-state index in [1.54, 1.807) is 13.0 Å². The minimum atomic E-state index is -4.46. The predicted molar refractivity (Wildman–Crippen MR) is 101 cm³/mol. The lowest BCUT2D eigenvalue weighted by atomic mass is 9.87. The van der Waals surface area contributed by atoms with Crippen LogP contribution < -0.4 is 10.6 Å². The van der Waals surface area contributed by atoms with Crippen LogP contribution in [0.25, 0.3) is 0 Å². The standard InChI is InChI=1S/C20H28F3N3O2/c1-4-24-19(28)26-11-16(14-6-5-7-15(10-14)20(21,22)23)17(12-26)18(27)25-9-8-13(2)3/h5-7,10,13,16-17H,4,8-9,11-12H2,1-3H3,(H,24,28)(H,25,27)/t16-,17-/m1/s1. The van der Waals surface area contributed by atoms with Gasteiger partial charge in [0.15, 0.2) is 0 Å². The zero-order valence-corrected chi connectivity index (χ0v) is 16.5.